The van der Waals surface area contributed by atoms with Gasteiger partial charge >= 0.3 is 17.9 Å². The second-order valence-corrected chi connectivity index (χ2v) is 17.4. The topological polar surface area (TPSA) is 78.9 Å². The van der Waals surface area contributed by atoms with E-state index >= 15 is 0 Å². The SMILES string of the molecule is CC/C=C\C/C=C\C/C=C\C/C=C\C/C=C\C/C=C\C/C=C\C/C=C\C/C=C\CCCC(=O)OCC(COC(=O)CCCCCCCCC)OC(=O)CCCCCCCCCCCCCC. The van der Waals surface area contributed by atoms with Gasteiger partial charge in [-0.15, -0.1) is 0 Å². The van der Waals surface area contributed by atoms with Crippen molar-refractivity contribution in [2.75, 3.05) is 13.2 Å². The Morgan fingerprint density at radius 2 is 0.591 bits per heavy atom. The lowest BCUT2D eigenvalue weighted by Crippen LogP contribution is -2.30. The lowest BCUT2D eigenvalue weighted by Gasteiger charge is -2.18. The van der Waals surface area contributed by atoms with E-state index in [4.69, 9.17) is 14.2 Å². The molecule has 6 heteroatoms. The molecule has 0 bridgehead atoms. The lowest BCUT2D eigenvalue weighted by molar-refractivity contribution is -0.167. The summed E-state index contributed by atoms with van der Waals surface area (Å²) in [5.74, 6) is -0.968. The van der Waals surface area contributed by atoms with Crippen molar-refractivity contribution < 1.29 is 28.6 Å². The molecule has 0 fully saturated rings. The van der Waals surface area contributed by atoms with E-state index in [9.17, 15) is 14.4 Å². The standard InChI is InChI=1S/C60H98O6/c1-4-7-10-13-16-18-20-22-23-24-25-26-27-28-29-30-31-32-33-34-35-36-37-38-40-41-44-47-50-53-59(62)65-56-57(55-64-58(61)52-49-46-43-15-12-9-6-3)66-60(63)54-51-48-45-42-39-21-19-17-14-11-8-5-2/h7,10,16,18,22-23,25-26,28-29,31-32,34-35,37-38,41,44,57H,4-6,8-9,11-15,17,19-21,24,27,30,33,36,39-40,42-43,45-56H2,1-3H3/b10-7-,18-16-,23-22-,26-25-,29-28-,32-31-,35-34-,38-37-,44-41-. The van der Waals surface area contributed by atoms with Gasteiger partial charge in [0.25, 0.3) is 0 Å². The van der Waals surface area contributed by atoms with Crippen LogP contribution in [0.3, 0.4) is 0 Å². The van der Waals surface area contributed by atoms with Crippen LogP contribution in [0.15, 0.2) is 109 Å². The molecule has 66 heavy (non-hydrogen) atoms. The molecule has 0 amide bonds. The molecule has 0 radical (unpaired) electrons. The van der Waals surface area contributed by atoms with E-state index in [2.05, 4.69) is 130 Å². The van der Waals surface area contributed by atoms with E-state index in [1.54, 1.807) is 0 Å². The zero-order chi connectivity index (χ0) is 47.9. The first-order valence-corrected chi connectivity index (χ1v) is 26.9. The van der Waals surface area contributed by atoms with Crippen molar-refractivity contribution >= 4 is 17.9 Å². The second kappa shape index (κ2) is 53.7. The Labute approximate surface area is 406 Å². The third-order valence-corrected chi connectivity index (χ3v) is 11.0. The normalized spacial score (nSPS) is 13.0. The van der Waals surface area contributed by atoms with Crippen LogP contribution in [0.1, 0.15) is 233 Å². The molecule has 0 rings (SSSR count). The zero-order valence-electron chi connectivity index (χ0n) is 42.7. The van der Waals surface area contributed by atoms with Crippen molar-refractivity contribution in [3.8, 4) is 0 Å². The molecular weight excluding hydrogens is 817 g/mol. The van der Waals surface area contributed by atoms with E-state index in [0.717, 1.165) is 103 Å². The molecule has 6 nitrogen and oxygen atoms in total. The summed E-state index contributed by atoms with van der Waals surface area (Å²) in [4.78, 5) is 37.7. The summed E-state index contributed by atoms with van der Waals surface area (Å²) in [6.07, 6.45) is 72.5. The molecule has 0 aliphatic carbocycles. The summed E-state index contributed by atoms with van der Waals surface area (Å²) < 4.78 is 16.7. The first kappa shape index (κ1) is 62.1. The fourth-order valence-electron chi connectivity index (χ4n) is 7.03. The molecule has 0 spiro atoms. The second-order valence-electron chi connectivity index (χ2n) is 17.4. The predicted molar refractivity (Wildman–Crippen MR) is 283 cm³/mol. The van der Waals surface area contributed by atoms with Gasteiger partial charge in [0.05, 0.1) is 0 Å². The van der Waals surface area contributed by atoms with Gasteiger partial charge in [-0.2, -0.15) is 0 Å². The molecule has 0 aliphatic heterocycles. The smallest absolute Gasteiger partial charge is 0.306 e. The van der Waals surface area contributed by atoms with Crippen molar-refractivity contribution in [2.45, 2.75) is 239 Å². The Balaban J connectivity index is 4.29. The molecule has 0 aromatic carbocycles. The summed E-state index contributed by atoms with van der Waals surface area (Å²) in [5, 5.41) is 0. The molecule has 0 aromatic heterocycles. The van der Waals surface area contributed by atoms with Crippen molar-refractivity contribution in [1.82, 2.24) is 0 Å². The highest BCUT2D eigenvalue weighted by Gasteiger charge is 2.19. The largest absolute Gasteiger partial charge is 0.462 e. The van der Waals surface area contributed by atoms with Crippen LogP contribution in [0.2, 0.25) is 0 Å². The number of unbranched alkanes of at least 4 members (excludes halogenated alkanes) is 18. The van der Waals surface area contributed by atoms with Gasteiger partial charge in [0.15, 0.2) is 6.10 Å². The lowest BCUT2D eigenvalue weighted by atomic mass is 10.0. The minimum absolute atomic E-state index is 0.0949. The van der Waals surface area contributed by atoms with Crippen molar-refractivity contribution in [3.05, 3.63) is 109 Å². The molecule has 0 saturated heterocycles. The number of rotatable bonds is 47. The van der Waals surface area contributed by atoms with Gasteiger partial charge in [-0.05, 0) is 83.5 Å². The highest BCUT2D eigenvalue weighted by Crippen LogP contribution is 2.14. The zero-order valence-corrected chi connectivity index (χ0v) is 42.7. The molecule has 0 heterocycles. The Morgan fingerprint density at radius 3 is 0.924 bits per heavy atom. The van der Waals surface area contributed by atoms with Gasteiger partial charge in [0.1, 0.15) is 13.2 Å². The number of carbonyl (C=O) groups excluding carboxylic acids is 3. The summed E-state index contributed by atoms with van der Waals surface area (Å²) in [6.45, 7) is 6.42. The Morgan fingerprint density at radius 1 is 0.318 bits per heavy atom. The number of allylic oxidation sites excluding steroid dienone is 18. The van der Waals surface area contributed by atoms with Gasteiger partial charge in [-0.25, -0.2) is 0 Å². The highest BCUT2D eigenvalue weighted by molar-refractivity contribution is 5.71. The maximum atomic E-state index is 12.7. The van der Waals surface area contributed by atoms with Crippen LogP contribution in [0, 0.1) is 0 Å². The van der Waals surface area contributed by atoms with Crippen LogP contribution < -0.4 is 0 Å². The Kier molecular flexibility index (Phi) is 50.5. The van der Waals surface area contributed by atoms with Crippen LogP contribution >= 0.6 is 0 Å². The van der Waals surface area contributed by atoms with Gasteiger partial charge in [0.2, 0.25) is 0 Å². The Bertz CT molecular complexity index is 1370. The average molecular weight is 915 g/mol. The summed E-state index contributed by atoms with van der Waals surface area (Å²) in [5.41, 5.74) is 0. The van der Waals surface area contributed by atoms with E-state index < -0.39 is 6.10 Å². The molecule has 1 atom stereocenters. The van der Waals surface area contributed by atoms with Crippen LogP contribution in [0.4, 0.5) is 0 Å². The third-order valence-electron chi connectivity index (χ3n) is 11.0. The van der Waals surface area contributed by atoms with Gasteiger partial charge in [-0.1, -0.05) is 239 Å². The number of esters is 3. The van der Waals surface area contributed by atoms with Crippen LogP contribution in [-0.2, 0) is 28.6 Å². The monoisotopic (exact) mass is 915 g/mol. The quantitative estimate of drug-likeness (QED) is 0.0262. The molecule has 1 unspecified atom stereocenters. The molecule has 374 valence electrons. The molecule has 0 N–H and O–H groups in total. The van der Waals surface area contributed by atoms with Crippen LogP contribution in [-0.4, -0.2) is 37.2 Å². The third kappa shape index (κ3) is 51.1. The molecular formula is C60H98O6. The molecule has 0 aliphatic rings. The summed E-state index contributed by atoms with van der Waals surface area (Å²) >= 11 is 0. The van der Waals surface area contributed by atoms with Gasteiger partial charge < -0.3 is 14.2 Å². The fraction of sp³-hybridized carbons (Fsp3) is 0.650. The number of ether oxygens (including phenoxy) is 3. The first-order valence-electron chi connectivity index (χ1n) is 26.9. The van der Waals surface area contributed by atoms with Crippen molar-refractivity contribution in [2.24, 2.45) is 0 Å². The van der Waals surface area contributed by atoms with Crippen molar-refractivity contribution in [3.63, 3.8) is 0 Å². The minimum atomic E-state index is -0.796. The minimum Gasteiger partial charge on any atom is -0.462 e. The predicted octanol–water partition coefficient (Wildman–Crippen LogP) is 17.9. The van der Waals surface area contributed by atoms with Crippen molar-refractivity contribution in [1.29, 1.82) is 0 Å². The summed E-state index contributed by atoms with van der Waals surface area (Å²) in [6, 6.07) is 0. The average Bonchev–Trinajstić information content (AvgIpc) is 3.31. The van der Waals surface area contributed by atoms with E-state index in [1.807, 2.05) is 0 Å². The number of carbonyl (C=O) groups is 3. The van der Waals surface area contributed by atoms with Gasteiger partial charge in [0, 0.05) is 19.3 Å². The highest BCUT2D eigenvalue weighted by atomic mass is 16.6. The molecule has 0 aromatic rings. The van der Waals surface area contributed by atoms with E-state index in [1.165, 1.54) is 83.5 Å². The van der Waals surface area contributed by atoms with Crippen LogP contribution in [0.25, 0.3) is 0 Å². The maximum Gasteiger partial charge on any atom is 0.306 e. The maximum absolute atomic E-state index is 12.7. The number of hydrogen-bond donors (Lipinski definition) is 0. The molecule has 0 saturated carbocycles. The number of hydrogen-bond acceptors (Lipinski definition) is 6. The summed E-state index contributed by atoms with van der Waals surface area (Å²) in [7, 11) is 0. The van der Waals surface area contributed by atoms with Gasteiger partial charge in [-0.3, -0.25) is 14.4 Å². The van der Waals surface area contributed by atoms with E-state index in [0.29, 0.717) is 19.3 Å². The van der Waals surface area contributed by atoms with Crippen LogP contribution in [0.5, 0.6) is 0 Å². The Hall–Kier alpha value is -3.93. The van der Waals surface area contributed by atoms with E-state index in [-0.39, 0.29) is 37.5 Å². The fourth-order valence-corrected chi connectivity index (χ4v) is 7.03. The first-order chi connectivity index (χ1) is 32.5.